The Balaban J connectivity index is 1.48. The highest BCUT2D eigenvalue weighted by Gasteiger charge is 2.48. The van der Waals surface area contributed by atoms with Crippen molar-refractivity contribution in [3.05, 3.63) is 56.5 Å². The molecule has 1 aliphatic heterocycles. The number of fused-ring (bicyclic) bond motifs is 2. The molecule has 8 nitrogen and oxygen atoms in total. The first kappa shape index (κ1) is 27.3. The fraction of sp³-hybridized carbons (Fsp3) is 0.423. The number of nitrogens with one attached hydrogen (secondary N) is 2. The van der Waals surface area contributed by atoms with Crippen molar-refractivity contribution in [1.29, 1.82) is 0 Å². The molecule has 0 radical (unpaired) electrons. The maximum atomic E-state index is 14.2. The minimum Gasteiger partial charge on any atom is -0.497 e. The maximum Gasteiger partial charge on any atom is 0.410 e. The predicted molar refractivity (Wildman–Crippen MR) is 141 cm³/mol. The van der Waals surface area contributed by atoms with Gasteiger partial charge in [0.1, 0.15) is 21.6 Å². The number of alkyl halides is 3. The molecule has 0 bridgehead atoms. The van der Waals surface area contributed by atoms with Crippen molar-refractivity contribution in [2.24, 2.45) is 0 Å². The Bertz CT molecular complexity index is 1400. The van der Waals surface area contributed by atoms with Crippen LogP contribution in [0.4, 0.5) is 24.0 Å². The Hall–Kier alpha value is -3.25. The van der Waals surface area contributed by atoms with Gasteiger partial charge in [0.15, 0.2) is 11.7 Å². The van der Waals surface area contributed by atoms with Gasteiger partial charge in [-0.25, -0.2) is 9.48 Å². The molecule has 5 rings (SSSR count). The van der Waals surface area contributed by atoms with Gasteiger partial charge in [-0.05, 0) is 55.9 Å². The number of aromatic nitrogens is 2. The lowest BCUT2D eigenvalue weighted by molar-refractivity contribution is -0.173. The summed E-state index contributed by atoms with van der Waals surface area (Å²) in [7, 11) is 1.50. The van der Waals surface area contributed by atoms with E-state index in [1.165, 1.54) is 18.4 Å². The molecule has 2 aliphatic rings. The van der Waals surface area contributed by atoms with Gasteiger partial charge in [0.05, 0.1) is 25.3 Å². The molecule has 2 atom stereocenters. The number of carbonyl (C=O) groups excluding carboxylic acids is 2. The lowest BCUT2D eigenvalue weighted by Gasteiger charge is -2.33. The average Bonchev–Trinajstić information content (AvgIpc) is 3.45. The number of hydrogen-bond donors (Lipinski definition) is 2. The number of aryl methyl sites for hydroxylation is 1. The van der Waals surface area contributed by atoms with E-state index in [0.29, 0.717) is 17.7 Å². The number of anilines is 2. The third-order valence-electron chi connectivity index (χ3n) is 6.91. The zero-order chi connectivity index (χ0) is 27.9. The van der Waals surface area contributed by atoms with E-state index in [1.807, 2.05) is 0 Å². The Morgan fingerprint density at radius 2 is 1.95 bits per heavy atom. The second-order valence-electron chi connectivity index (χ2n) is 9.31. The third-order valence-corrected chi connectivity index (χ3v) is 8.47. The minimum absolute atomic E-state index is 0.104. The summed E-state index contributed by atoms with van der Waals surface area (Å²) in [6.45, 7) is 1.85. The number of rotatable bonds is 6. The molecule has 1 amide bonds. The first-order valence-corrected chi connectivity index (χ1v) is 13.7. The number of nitrogens with zero attached hydrogens (tertiary/aromatic N) is 2. The number of carbonyl (C=O) groups is 2. The van der Waals surface area contributed by atoms with E-state index in [1.54, 1.807) is 31.2 Å². The normalized spacial score (nSPS) is 18.5. The molecule has 0 spiro atoms. The summed E-state index contributed by atoms with van der Waals surface area (Å²) in [5, 5.41) is 9.75. The van der Waals surface area contributed by atoms with Crippen molar-refractivity contribution >= 4 is 45.6 Å². The standard InChI is InChI=1S/C26H26ClF3N4O4S/c1-3-38-25(36)19-15-6-4-5-7-17(15)39-24(19)32-23(35)21-20(27)22-31-16(13-8-10-14(37-2)11-9-13)12-18(26(28,29)30)34(22)33-21/h8-11,16,18,31H,3-7,12H2,1-2H3,(H,32,35). The first-order chi connectivity index (χ1) is 18.6. The number of halogens is 4. The molecular weight excluding hydrogens is 557 g/mol. The predicted octanol–water partition coefficient (Wildman–Crippen LogP) is 6.57. The van der Waals surface area contributed by atoms with E-state index >= 15 is 0 Å². The summed E-state index contributed by atoms with van der Waals surface area (Å²) >= 11 is 7.76. The molecule has 2 unspecified atom stereocenters. The zero-order valence-electron chi connectivity index (χ0n) is 21.2. The largest absolute Gasteiger partial charge is 0.497 e. The molecular formula is C26H26ClF3N4O4S. The highest BCUT2D eigenvalue weighted by molar-refractivity contribution is 7.17. The quantitative estimate of drug-likeness (QED) is 0.319. The van der Waals surface area contributed by atoms with E-state index in [2.05, 4.69) is 15.7 Å². The van der Waals surface area contributed by atoms with Crippen LogP contribution >= 0.6 is 22.9 Å². The van der Waals surface area contributed by atoms with Crippen molar-refractivity contribution in [3.8, 4) is 5.75 Å². The van der Waals surface area contributed by atoms with E-state index < -0.39 is 30.1 Å². The van der Waals surface area contributed by atoms with Crippen LogP contribution in [0.25, 0.3) is 0 Å². The van der Waals surface area contributed by atoms with Crippen molar-refractivity contribution in [1.82, 2.24) is 9.78 Å². The van der Waals surface area contributed by atoms with E-state index in [-0.39, 0.29) is 40.1 Å². The first-order valence-electron chi connectivity index (χ1n) is 12.5. The van der Waals surface area contributed by atoms with Crippen LogP contribution in [0.1, 0.15) is 75.1 Å². The van der Waals surface area contributed by atoms with E-state index in [0.717, 1.165) is 34.4 Å². The molecule has 2 aromatic heterocycles. The van der Waals surface area contributed by atoms with Crippen molar-refractivity contribution in [3.63, 3.8) is 0 Å². The van der Waals surface area contributed by atoms with Crippen LogP contribution in [0.5, 0.6) is 5.75 Å². The summed E-state index contributed by atoms with van der Waals surface area (Å²) in [4.78, 5) is 27.1. The molecule has 0 fully saturated rings. The third kappa shape index (κ3) is 5.19. The fourth-order valence-electron chi connectivity index (χ4n) is 5.02. The lowest BCUT2D eigenvalue weighted by atomic mass is 9.95. The van der Waals surface area contributed by atoms with Gasteiger partial charge < -0.3 is 20.1 Å². The second kappa shape index (κ2) is 10.7. The molecule has 39 heavy (non-hydrogen) atoms. The van der Waals surface area contributed by atoms with Crippen LogP contribution in [0.15, 0.2) is 24.3 Å². The average molecular weight is 583 g/mol. The molecule has 3 heterocycles. The summed E-state index contributed by atoms with van der Waals surface area (Å²) < 4.78 is 53.6. The van der Waals surface area contributed by atoms with Crippen molar-refractivity contribution < 1.29 is 32.2 Å². The van der Waals surface area contributed by atoms with Gasteiger partial charge in [-0.3, -0.25) is 4.79 Å². The number of methoxy groups -OCH3 is 1. The molecule has 2 N–H and O–H groups in total. The van der Waals surface area contributed by atoms with Crippen LogP contribution in [0.2, 0.25) is 5.02 Å². The Labute approximate surface area is 231 Å². The van der Waals surface area contributed by atoms with Crippen LogP contribution in [0, 0.1) is 0 Å². The van der Waals surface area contributed by atoms with E-state index in [4.69, 9.17) is 21.1 Å². The molecule has 3 aromatic rings. The van der Waals surface area contributed by atoms with Crippen LogP contribution in [-0.2, 0) is 17.6 Å². The molecule has 13 heteroatoms. The summed E-state index contributed by atoms with van der Waals surface area (Å²) in [6.07, 6.45) is -1.68. The van der Waals surface area contributed by atoms with Crippen LogP contribution < -0.4 is 15.4 Å². The highest BCUT2D eigenvalue weighted by Crippen LogP contribution is 2.47. The molecule has 1 aromatic carbocycles. The number of hydrogen-bond acceptors (Lipinski definition) is 7. The molecule has 0 saturated heterocycles. The SMILES string of the molecule is CCOC(=O)c1c(NC(=O)c2nn3c(c2Cl)NC(c2ccc(OC)cc2)CC3C(F)(F)F)sc2c1CCCC2. The summed E-state index contributed by atoms with van der Waals surface area (Å²) in [5.74, 6) is -0.896. The molecule has 0 saturated carbocycles. The van der Waals surface area contributed by atoms with Gasteiger partial charge in [0.25, 0.3) is 5.91 Å². The monoisotopic (exact) mass is 582 g/mol. The number of esters is 1. The lowest BCUT2D eigenvalue weighted by Crippen LogP contribution is -2.35. The highest BCUT2D eigenvalue weighted by atomic mass is 35.5. The Morgan fingerprint density at radius 1 is 1.23 bits per heavy atom. The summed E-state index contributed by atoms with van der Waals surface area (Å²) in [5.41, 5.74) is 1.36. The number of ether oxygens (including phenoxy) is 2. The van der Waals surface area contributed by atoms with Gasteiger partial charge in [0, 0.05) is 11.3 Å². The van der Waals surface area contributed by atoms with Crippen LogP contribution in [0.3, 0.4) is 0 Å². The van der Waals surface area contributed by atoms with Crippen molar-refractivity contribution in [2.75, 3.05) is 24.4 Å². The molecule has 1 aliphatic carbocycles. The Morgan fingerprint density at radius 3 is 2.62 bits per heavy atom. The Kier molecular flexibility index (Phi) is 7.51. The maximum absolute atomic E-state index is 14.2. The smallest absolute Gasteiger partial charge is 0.410 e. The van der Waals surface area contributed by atoms with Gasteiger partial charge >= 0.3 is 12.1 Å². The fourth-order valence-corrected chi connectivity index (χ4v) is 6.56. The minimum atomic E-state index is -4.64. The van der Waals surface area contributed by atoms with Gasteiger partial charge in [-0.1, -0.05) is 23.7 Å². The van der Waals surface area contributed by atoms with E-state index in [9.17, 15) is 22.8 Å². The van der Waals surface area contributed by atoms with Crippen LogP contribution in [-0.4, -0.2) is 41.5 Å². The number of thiophene rings is 1. The van der Waals surface area contributed by atoms with Gasteiger partial charge in [-0.2, -0.15) is 18.3 Å². The second-order valence-corrected chi connectivity index (χ2v) is 10.8. The number of amides is 1. The summed E-state index contributed by atoms with van der Waals surface area (Å²) in [6, 6.07) is 3.92. The van der Waals surface area contributed by atoms with Crippen molar-refractivity contribution in [2.45, 2.75) is 57.3 Å². The number of benzene rings is 1. The topological polar surface area (TPSA) is 94.5 Å². The zero-order valence-corrected chi connectivity index (χ0v) is 22.7. The van der Waals surface area contributed by atoms with Gasteiger partial charge in [0.2, 0.25) is 0 Å². The van der Waals surface area contributed by atoms with Gasteiger partial charge in [-0.15, -0.1) is 11.3 Å². The molecule has 208 valence electrons.